The third kappa shape index (κ3) is 2.41. The Bertz CT molecular complexity index is 627. The molecule has 0 heterocycles. The van der Waals surface area contributed by atoms with Gasteiger partial charge in [-0.15, -0.1) is 0 Å². The van der Waals surface area contributed by atoms with Crippen molar-refractivity contribution in [3.8, 4) is 5.75 Å². The van der Waals surface area contributed by atoms with Crippen molar-refractivity contribution in [2.45, 2.75) is 31.3 Å². The predicted molar refractivity (Wildman–Crippen MR) is 78.2 cm³/mol. The van der Waals surface area contributed by atoms with Crippen molar-refractivity contribution < 1.29 is 14.6 Å². The summed E-state index contributed by atoms with van der Waals surface area (Å²) in [6.07, 6.45) is 4.46. The fraction of sp³-hybridized carbons (Fsp3) is 0.353. The van der Waals surface area contributed by atoms with Gasteiger partial charge in [0.05, 0.1) is 11.2 Å². The Labute approximate surface area is 118 Å². The van der Waals surface area contributed by atoms with Gasteiger partial charge in [0.15, 0.2) is 6.29 Å². The van der Waals surface area contributed by atoms with Crippen molar-refractivity contribution in [3.05, 3.63) is 42.0 Å². The number of aliphatic hydroxyl groups is 1. The summed E-state index contributed by atoms with van der Waals surface area (Å²) in [6.45, 7) is 0.256. The second kappa shape index (κ2) is 5.25. The molecule has 1 aliphatic carbocycles. The lowest BCUT2D eigenvalue weighted by Gasteiger charge is -2.23. The number of aldehydes is 1. The largest absolute Gasteiger partial charge is 0.490 e. The second-order valence-electron chi connectivity index (χ2n) is 5.54. The predicted octanol–water partition coefficient (Wildman–Crippen LogP) is 3.34. The van der Waals surface area contributed by atoms with Crippen LogP contribution in [0.4, 0.5) is 0 Å². The highest BCUT2D eigenvalue weighted by molar-refractivity contribution is 6.00. The summed E-state index contributed by atoms with van der Waals surface area (Å²) in [5, 5.41) is 12.2. The van der Waals surface area contributed by atoms with E-state index >= 15 is 0 Å². The minimum atomic E-state index is -0.730. The lowest BCUT2D eigenvalue weighted by molar-refractivity contribution is 0.00127. The highest BCUT2D eigenvalue weighted by Crippen LogP contribution is 2.32. The molecule has 104 valence electrons. The minimum Gasteiger partial charge on any atom is -0.490 e. The number of fused-ring (bicyclic) bond motifs is 1. The van der Waals surface area contributed by atoms with Crippen LogP contribution in [-0.4, -0.2) is 23.6 Å². The van der Waals surface area contributed by atoms with Crippen LogP contribution < -0.4 is 4.74 Å². The van der Waals surface area contributed by atoms with E-state index in [2.05, 4.69) is 0 Å². The molecule has 0 aromatic heterocycles. The number of rotatable bonds is 4. The fourth-order valence-corrected chi connectivity index (χ4v) is 2.91. The number of hydrogen-bond acceptors (Lipinski definition) is 3. The fourth-order valence-electron chi connectivity index (χ4n) is 2.91. The lowest BCUT2D eigenvalue weighted by atomic mass is 10.0. The van der Waals surface area contributed by atoms with E-state index in [0.717, 1.165) is 42.7 Å². The molecule has 1 N–H and O–H groups in total. The number of ether oxygens (including phenoxy) is 1. The first-order valence-corrected chi connectivity index (χ1v) is 7.04. The van der Waals surface area contributed by atoms with Gasteiger partial charge in [0.2, 0.25) is 0 Å². The van der Waals surface area contributed by atoms with Crippen LogP contribution in [0.2, 0.25) is 0 Å². The first kappa shape index (κ1) is 13.1. The Kier molecular flexibility index (Phi) is 3.45. The zero-order valence-electron chi connectivity index (χ0n) is 11.3. The van der Waals surface area contributed by atoms with Crippen LogP contribution in [0, 0.1) is 0 Å². The highest BCUT2D eigenvalue weighted by Gasteiger charge is 2.32. The van der Waals surface area contributed by atoms with Crippen molar-refractivity contribution in [1.29, 1.82) is 0 Å². The summed E-state index contributed by atoms with van der Waals surface area (Å²) in [7, 11) is 0. The van der Waals surface area contributed by atoms with Gasteiger partial charge >= 0.3 is 0 Å². The molecule has 0 unspecified atom stereocenters. The molecule has 3 rings (SSSR count). The Morgan fingerprint density at radius 2 is 1.90 bits per heavy atom. The van der Waals surface area contributed by atoms with Gasteiger partial charge in [-0.3, -0.25) is 4.79 Å². The van der Waals surface area contributed by atoms with Gasteiger partial charge in [-0.2, -0.15) is 0 Å². The summed E-state index contributed by atoms with van der Waals surface area (Å²) < 4.78 is 5.74. The van der Waals surface area contributed by atoms with Crippen LogP contribution in [0.5, 0.6) is 5.75 Å². The van der Waals surface area contributed by atoms with Crippen molar-refractivity contribution in [2.75, 3.05) is 6.61 Å². The summed E-state index contributed by atoms with van der Waals surface area (Å²) in [5.41, 5.74) is -0.170. The van der Waals surface area contributed by atoms with Crippen molar-refractivity contribution in [3.63, 3.8) is 0 Å². The first-order valence-electron chi connectivity index (χ1n) is 7.04. The van der Waals surface area contributed by atoms with E-state index in [9.17, 15) is 9.90 Å². The van der Waals surface area contributed by atoms with E-state index in [1.807, 2.05) is 36.4 Å². The van der Waals surface area contributed by atoms with E-state index in [4.69, 9.17) is 4.74 Å². The van der Waals surface area contributed by atoms with Gasteiger partial charge in [0.1, 0.15) is 12.4 Å². The number of carbonyl (C=O) groups is 1. The molecular formula is C17H18O3. The van der Waals surface area contributed by atoms with E-state index in [0.29, 0.717) is 11.3 Å². The van der Waals surface area contributed by atoms with Crippen LogP contribution in [0.1, 0.15) is 36.0 Å². The monoisotopic (exact) mass is 270 g/mol. The van der Waals surface area contributed by atoms with E-state index in [-0.39, 0.29) is 6.61 Å². The van der Waals surface area contributed by atoms with Crippen molar-refractivity contribution >= 4 is 17.1 Å². The SMILES string of the molecule is O=Cc1c(OCC2(O)CCCC2)ccc2ccccc12. The molecule has 0 saturated heterocycles. The lowest BCUT2D eigenvalue weighted by Crippen LogP contribution is -2.32. The molecule has 1 fully saturated rings. The van der Waals surface area contributed by atoms with E-state index in [1.54, 1.807) is 0 Å². The third-order valence-corrected chi connectivity index (χ3v) is 4.08. The highest BCUT2D eigenvalue weighted by atomic mass is 16.5. The Morgan fingerprint density at radius 3 is 2.65 bits per heavy atom. The van der Waals surface area contributed by atoms with Crippen LogP contribution in [0.25, 0.3) is 10.8 Å². The molecule has 0 amide bonds. The summed E-state index contributed by atoms with van der Waals surface area (Å²) >= 11 is 0. The summed E-state index contributed by atoms with van der Waals surface area (Å²) in [6, 6.07) is 11.5. The summed E-state index contributed by atoms with van der Waals surface area (Å²) in [4.78, 5) is 11.4. The minimum absolute atomic E-state index is 0.256. The Morgan fingerprint density at radius 1 is 1.15 bits per heavy atom. The van der Waals surface area contributed by atoms with Gasteiger partial charge in [0.25, 0.3) is 0 Å². The molecule has 0 spiro atoms. The molecule has 0 aliphatic heterocycles. The molecule has 2 aromatic rings. The van der Waals surface area contributed by atoms with Crippen LogP contribution in [-0.2, 0) is 0 Å². The molecular weight excluding hydrogens is 252 g/mol. The second-order valence-corrected chi connectivity index (χ2v) is 5.54. The molecule has 2 aromatic carbocycles. The third-order valence-electron chi connectivity index (χ3n) is 4.08. The number of carbonyl (C=O) groups excluding carboxylic acids is 1. The molecule has 1 aliphatic rings. The van der Waals surface area contributed by atoms with Crippen molar-refractivity contribution in [1.82, 2.24) is 0 Å². The zero-order chi connectivity index (χ0) is 14.0. The zero-order valence-corrected chi connectivity index (χ0v) is 11.3. The van der Waals surface area contributed by atoms with E-state index in [1.165, 1.54) is 0 Å². The maximum absolute atomic E-state index is 11.4. The maximum Gasteiger partial charge on any atom is 0.154 e. The van der Waals surface area contributed by atoms with Crippen LogP contribution >= 0.6 is 0 Å². The average molecular weight is 270 g/mol. The van der Waals surface area contributed by atoms with Gasteiger partial charge < -0.3 is 9.84 Å². The van der Waals surface area contributed by atoms with Crippen LogP contribution in [0.15, 0.2) is 36.4 Å². The van der Waals surface area contributed by atoms with Gasteiger partial charge in [-0.25, -0.2) is 0 Å². The normalized spacial score (nSPS) is 17.2. The quantitative estimate of drug-likeness (QED) is 0.867. The first-order chi connectivity index (χ1) is 9.72. The molecule has 1 saturated carbocycles. The van der Waals surface area contributed by atoms with Gasteiger partial charge in [0, 0.05) is 0 Å². The molecule has 20 heavy (non-hydrogen) atoms. The maximum atomic E-state index is 11.4. The Hall–Kier alpha value is -1.87. The molecule has 3 heteroatoms. The van der Waals surface area contributed by atoms with Gasteiger partial charge in [-0.1, -0.05) is 43.2 Å². The Balaban J connectivity index is 1.89. The van der Waals surface area contributed by atoms with E-state index < -0.39 is 5.60 Å². The van der Waals surface area contributed by atoms with Crippen LogP contribution in [0.3, 0.4) is 0 Å². The van der Waals surface area contributed by atoms with Gasteiger partial charge in [-0.05, 0) is 29.7 Å². The van der Waals surface area contributed by atoms with Crippen molar-refractivity contribution in [2.24, 2.45) is 0 Å². The molecule has 0 radical (unpaired) electrons. The molecule has 3 nitrogen and oxygen atoms in total. The topological polar surface area (TPSA) is 46.5 Å². The standard InChI is InChI=1S/C17H18O3/c18-11-15-14-6-2-1-5-13(14)7-8-16(15)20-12-17(19)9-3-4-10-17/h1-2,5-8,11,19H,3-4,9-10,12H2. The average Bonchev–Trinajstić information content (AvgIpc) is 2.91. The summed E-state index contributed by atoms with van der Waals surface area (Å²) in [5.74, 6) is 0.555. The molecule has 0 bridgehead atoms. The smallest absolute Gasteiger partial charge is 0.154 e. The number of hydrogen-bond donors (Lipinski definition) is 1. The number of benzene rings is 2. The molecule has 0 atom stereocenters.